The van der Waals surface area contributed by atoms with E-state index in [9.17, 15) is 9.18 Å². The van der Waals surface area contributed by atoms with Gasteiger partial charge in [0.2, 0.25) is 0 Å². The van der Waals surface area contributed by atoms with E-state index in [1.165, 1.54) is 18.2 Å². The lowest BCUT2D eigenvalue weighted by molar-refractivity contribution is 0.0985. The fourth-order valence-electron chi connectivity index (χ4n) is 2.47. The highest BCUT2D eigenvalue weighted by atomic mass is 35.5. The van der Waals surface area contributed by atoms with Gasteiger partial charge in [-0.3, -0.25) is 4.79 Å². The minimum atomic E-state index is -0.605. The van der Waals surface area contributed by atoms with Crippen molar-refractivity contribution in [3.8, 4) is 0 Å². The fraction of sp³-hybridized carbons (Fsp3) is 0.133. The van der Waals surface area contributed by atoms with Gasteiger partial charge < -0.3 is 10.6 Å². The molecule has 2 aromatic rings. The molecular formula is C15H12ClFN2O. The van der Waals surface area contributed by atoms with Crippen molar-refractivity contribution in [2.24, 2.45) is 0 Å². The van der Waals surface area contributed by atoms with E-state index in [0.717, 1.165) is 11.3 Å². The van der Waals surface area contributed by atoms with Crippen LogP contribution >= 0.6 is 11.6 Å². The molecule has 0 spiro atoms. The summed E-state index contributed by atoms with van der Waals surface area (Å²) in [7, 11) is 0. The molecule has 3 rings (SSSR count). The van der Waals surface area contributed by atoms with Crippen LogP contribution in [0.4, 0.5) is 15.8 Å². The van der Waals surface area contributed by atoms with Gasteiger partial charge in [-0.15, -0.1) is 0 Å². The standard InChI is InChI=1S/C15H12ClFN2O/c16-11-2-1-3-12(17)14(11)15(20)19-7-6-9-8-10(18)4-5-13(9)19/h1-5,8H,6-7,18H2. The molecular weight excluding hydrogens is 279 g/mol. The third-order valence-electron chi connectivity index (χ3n) is 3.42. The number of amides is 1. The Balaban J connectivity index is 2.02. The van der Waals surface area contributed by atoms with Crippen LogP contribution in [0.25, 0.3) is 0 Å². The van der Waals surface area contributed by atoms with Crippen LogP contribution in [0, 0.1) is 5.82 Å². The quantitative estimate of drug-likeness (QED) is 0.819. The molecule has 0 saturated heterocycles. The van der Waals surface area contributed by atoms with E-state index in [2.05, 4.69) is 0 Å². The summed E-state index contributed by atoms with van der Waals surface area (Å²) >= 11 is 5.95. The van der Waals surface area contributed by atoms with Crippen molar-refractivity contribution in [2.45, 2.75) is 6.42 Å². The number of halogens is 2. The predicted molar refractivity (Wildman–Crippen MR) is 77.6 cm³/mol. The molecule has 0 bridgehead atoms. The van der Waals surface area contributed by atoms with Crippen molar-refractivity contribution in [1.82, 2.24) is 0 Å². The minimum Gasteiger partial charge on any atom is -0.399 e. The number of fused-ring (bicyclic) bond motifs is 1. The molecule has 0 fully saturated rings. The lowest BCUT2D eigenvalue weighted by Gasteiger charge is -2.18. The molecule has 0 radical (unpaired) electrons. The van der Waals surface area contributed by atoms with Crippen LogP contribution in [0.5, 0.6) is 0 Å². The number of hydrogen-bond donors (Lipinski definition) is 1. The van der Waals surface area contributed by atoms with Gasteiger partial charge in [0.1, 0.15) is 5.82 Å². The Bertz CT molecular complexity index is 682. The van der Waals surface area contributed by atoms with Gasteiger partial charge in [-0.2, -0.15) is 0 Å². The highest BCUT2D eigenvalue weighted by Crippen LogP contribution is 2.32. The van der Waals surface area contributed by atoms with Gasteiger partial charge in [0.25, 0.3) is 5.91 Å². The zero-order chi connectivity index (χ0) is 14.3. The smallest absolute Gasteiger partial charge is 0.262 e. The van der Waals surface area contributed by atoms with Gasteiger partial charge in [0.15, 0.2) is 0 Å². The van der Waals surface area contributed by atoms with Gasteiger partial charge >= 0.3 is 0 Å². The molecule has 20 heavy (non-hydrogen) atoms. The first kappa shape index (κ1) is 12.9. The first-order valence-electron chi connectivity index (χ1n) is 6.22. The number of nitrogens with two attached hydrogens (primary N) is 1. The van der Waals surface area contributed by atoms with Gasteiger partial charge in [0, 0.05) is 17.9 Å². The van der Waals surface area contributed by atoms with Gasteiger partial charge in [-0.25, -0.2) is 4.39 Å². The van der Waals surface area contributed by atoms with E-state index < -0.39 is 11.7 Å². The van der Waals surface area contributed by atoms with Gasteiger partial charge in [0.05, 0.1) is 10.6 Å². The number of nitrogens with zero attached hydrogens (tertiary/aromatic N) is 1. The number of carbonyl (C=O) groups excluding carboxylic acids is 1. The molecule has 3 nitrogen and oxygen atoms in total. The van der Waals surface area contributed by atoms with Crippen LogP contribution in [0.15, 0.2) is 36.4 Å². The molecule has 0 unspecified atom stereocenters. The SMILES string of the molecule is Nc1ccc2c(c1)CCN2C(=O)c1c(F)cccc1Cl. The summed E-state index contributed by atoms with van der Waals surface area (Å²) in [5.41, 5.74) is 8.06. The Morgan fingerprint density at radius 3 is 2.85 bits per heavy atom. The number of benzene rings is 2. The highest BCUT2D eigenvalue weighted by molar-refractivity contribution is 6.34. The third-order valence-corrected chi connectivity index (χ3v) is 3.74. The second-order valence-electron chi connectivity index (χ2n) is 4.69. The molecule has 102 valence electrons. The fourth-order valence-corrected chi connectivity index (χ4v) is 2.71. The zero-order valence-corrected chi connectivity index (χ0v) is 11.3. The van der Waals surface area contributed by atoms with Crippen LogP contribution in [-0.4, -0.2) is 12.5 Å². The van der Waals surface area contributed by atoms with E-state index in [-0.39, 0.29) is 10.6 Å². The van der Waals surface area contributed by atoms with Crippen molar-refractivity contribution in [3.05, 3.63) is 58.4 Å². The van der Waals surface area contributed by atoms with Crippen molar-refractivity contribution in [3.63, 3.8) is 0 Å². The summed E-state index contributed by atoms with van der Waals surface area (Å²) < 4.78 is 13.8. The maximum atomic E-state index is 13.8. The van der Waals surface area contributed by atoms with Crippen molar-refractivity contribution >= 4 is 28.9 Å². The molecule has 1 aliphatic heterocycles. The van der Waals surface area contributed by atoms with Crippen molar-refractivity contribution < 1.29 is 9.18 Å². The van der Waals surface area contributed by atoms with Crippen molar-refractivity contribution in [2.75, 3.05) is 17.2 Å². The number of nitrogen functional groups attached to an aromatic ring is 1. The Morgan fingerprint density at radius 1 is 1.30 bits per heavy atom. The zero-order valence-electron chi connectivity index (χ0n) is 10.6. The van der Waals surface area contributed by atoms with E-state index >= 15 is 0 Å². The predicted octanol–water partition coefficient (Wildman–Crippen LogP) is 3.26. The third kappa shape index (κ3) is 2.02. The normalized spacial score (nSPS) is 13.4. The summed E-state index contributed by atoms with van der Waals surface area (Å²) in [6.07, 6.45) is 0.707. The number of anilines is 2. The summed E-state index contributed by atoms with van der Waals surface area (Å²) in [6.45, 7) is 0.502. The topological polar surface area (TPSA) is 46.3 Å². The monoisotopic (exact) mass is 290 g/mol. The number of carbonyl (C=O) groups is 1. The Morgan fingerprint density at radius 2 is 2.10 bits per heavy atom. The van der Waals surface area contributed by atoms with E-state index in [1.54, 1.807) is 17.0 Å². The molecule has 1 aliphatic rings. The molecule has 2 aromatic carbocycles. The summed E-state index contributed by atoms with van der Waals surface area (Å²) in [5, 5.41) is 0.124. The number of hydrogen-bond acceptors (Lipinski definition) is 2. The van der Waals surface area contributed by atoms with Crippen LogP contribution < -0.4 is 10.6 Å². The average molecular weight is 291 g/mol. The molecule has 0 atom stereocenters. The minimum absolute atomic E-state index is 0.0844. The highest BCUT2D eigenvalue weighted by Gasteiger charge is 2.28. The second-order valence-corrected chi connectivity index (χ2v) is 5.10. The average Bonchev–Trinajstić information content (AvgIpc) is 2.81. The van der Waals surface area contributed by atoms with Crippen molar-refractivity contribution in [1.29, 1.82) is 0 Å². The molecule has 1 amide bonds. The summed E-state index contributed by atoms with van der Waals surface area (Å²) in [4.78, 5) is 14.0. The van der Waals surface area contributed by atoms with Crippen LogP contribution in [-0.2, 0) is 6.42 Å². The molecule has 2 N–H and O–H groups in total. The van der Waals surface area contributed by atoms with Crippen LogP contribution in [0.1, 0.15) is 15.9 Å². The summed E-state index contributed by atoms with van der Waals surface area (Å²) in [5.74, 6) is -1.02. The van der Waals surface area contributed by atoms with Crippen LogP contribution in [0.3, 0.4) is 0 Å². The Labute approximate surface area is 120 Å². The lowest BCUT2D eigenvalue weighted by Crippen LogP contribution is -2.29. The second kappa shape index (κ2) is 4.80. The van der Waals surface area contributed by atoms with Gasteiger partial charge in [-0.05, 0) is 42.3 Å². The van der Waals surface area contributed by atoms with Gasteiger partial charge in [-0.1, -0.05) is 17.7 Å². The largest absolute Gasteiger partial charge is 0.399 e. The first-order chi connectivity index (χ1) is 9.58. The lowest BCUT2D eigenvalue weighted by atomic mass is 10.1. The molecule has 0 aromatic heterocycles. The maximum Gasteiger partial charge on any atom is 0.262 e. The van der Waals surface area contributed by atoms with Crippen LogP contribution in [0.2, 0.25) is 5.02 Å². The first-order valence-corrected chi connectivity index (χ1v) is 6.60. The summed E-state index contributed by atoms with van der Waals surface area (Å²) in [6, 6.07) is 9.58. The van der Waals surface area contributed by atoms with E-state index in [0.29, 0.717) is 18.7 Å². The maximum absolute atomic E-state index is 13.8. The number of rotatable bonds is 1. The van der Waals surface area contributed by atoms with E-state index in [1.807, 2.05) is 6.07 Å². The Kier molecular flexibility index (Phi) is 3.10. The molecule has 5 heteroatoms. The molecule has 1 heterocycles. The molecule has 0 aliphatic carbocycles. The van der Waals surface area contributed by atoms with E-state index in [4.69, 9.17) is 17.3 Å². The Hall–Kier alpha value is -2.07. The molecule has 0 saturated carbocycles.